The number of ether oxygens (including phenoxy) is 1. The zero-order chi connectivity index (χ0) is 14.1. The molecule has 0 spiro atoms. The van der Waals surface area contributed by atoms with Crippen molar-refractivity contribution in [3.8, 4) is 0 Å². The largest absolute Gasteiger partial charge is 0.378 e. The molecule has 0 saturated heterocycles. The summed E-state index contributed by atoms with van der Waals surface area (Å²) in [6.45, 7) is 6.99. The Labute approximate surface area is 117 Å². The van der Waals surface area contributed by atoms with Crippen molar-refractivity contribution in [3.05, 3.63) is 16.6 Å². The topological polar surface area (TPSA) is 77.2 Å². The average molecular weight is 283 g/mol. The van der Waals surface area contributed by atoms with Crippen LogP contribution in [0.2, 0.25) is 0 Å². The van der Waals surface area contributed by atoms with Gasteiger partial charge in [0.05, 0.1) is 23.9 Å². The molecule has 6 heteroatoms. The van der Waals surface area contributed by atoms with E-state index < -0.39 is 5.54 Å². The van der Waals surface area contributed by atoms with Gasteiger partial charge in [0, 0.05) is 23.8 Å². The highest BCUT2D eigenvalue weighted by atomic mass is 32.1. The predicted molar refractivity (Wildman–Crippen MR) is 74.7 cm³/mol. The Morgan fingerprint density at radius 2 is 2.42 bits per heavy atom. The number of hydrogen-bond donors (Lipinski definition) is 2. The summed E-state index contributed by atoms with van der Waals surface area (Å²) in [5.74, 6) is -0.124. The molecule has 2 rings (SSSR count). The van der Waals surface area contributed by atoms with E-state index in [0.29, 0.717) is 19.6 Å². The van der Waals surface area contributed by atoms with Gasteiger partial charge in [-0.1, -0.05) is 13.8 Å². The molecule has 3 N–H and O–H groups in total. The lowest BCUT2D eigenvalue weighted by Gasteiger charge is -2.57. The quantitative estimate of drug-likeness (QED) is 0.853. The summed E-state index contributed by atoms with van der Waals surface area (Å²) >= 11 is 1.51. The Morgan fingerprint density at radius 1 is 1.68 bits per heavy atom. The fourth-order valence-corrected chi connectivity index (χ4v) is 3.03. The van der Waals surface area contributed by atoms with Crippen LogP contribution in [0, 0.1) is 5.41 Å². The highest BCUT2D eigenvalue weighted by molar-refractivity contribution is 7.07. The fraction of sp³-hybridized carbons (Fsp3) is 0.692. The maximum absolute atomic E-state index is 12.3. The molecule has 5 nitrogen and oxygen atoms in total. The lowest BCUT2D eigenvalue weighted by Crippen LogP contribution is -2.75. The van der Waals surface area contributed by atoms with Crippen LogP contribution in [0.5, 0.6) is 0 Å². The molecule has 1 fully saturated rings. The van der Waals surface area contributed by atoms with Gasteiger partial charge in [0.25, 0.3) is 0 Å². The summed E-state index contributed by atoms with van der Waals surface area (Å²) in [7, 11) is 0. The normalized spacial score (nSPS) is 28.7. The van der Waals surface area contributed by atoms with E-state index in [4.69, 9.17) is 10.5 Å². The summed E-state index contributed by atoms with van der Waals surface area (Å²) in [5, 5.41) is 4.79. The second-order valence-corrected chi connectivity index (χ2v) is 6.22. The Balaban J connectivity index is 1.95. The van der Waals surface area contributed by atoms with Gasteiger partial charge in [-0.05, 0) is 6.92 Å². The summed E-state index contributed by atoms with van der Waals surface area (Å²) in [5.41, 5.74) is 7.67. The number of hydrogen-bond acceptors (Lipinski definition) is 5. The van der Waals surface area contributed by atoms with Gasteiger partial charge in [0.1, 0.15) is 5.54 Å². The van der Waals surface area contributed by atoms with E-state index in [-0.39, 0.29) is 17.4 Å². The molecular weight excluding hydrogens is 262 g/mol. The van der Waals surface area contributed by atoms with Crippen LogP contribution in [0.1, 0.15) is 32.9 Å². The highest BCUT2D eigenvalue weighted by Gasteiger charge is 2.62. The number of aromatic nitrogens is 1. The molecule has 1 aromatic rings. The van der Waals surface area contributed by atoms with E-state index in [9.17, 15) is 4.79 Å². The van der Waals surface area contributed by atoms with E-state index in [1.165, 1.54) is 11.3 Å². The van der Waals surface area contributed by atoms with Crippen molar-refractivity contribution < 1.29 is 9.53 Å². The number of nitrogens with two attached hydrogens (primary N) is 1. The Morgan fingerprint density at radius 3 is 2.95 bits per heavy atom. The van der Waals surface area contributed by atoms with Crippen LogP contribution in [-0.4, -0.2) is 29.1 Å². The molecule has 2 atom stereocenters. The predicted octanol–water partition coefficient (Wildman–Crippen LogP) is 1.29. The van der Waals surface area contributed by atoms with Gasteiger partial charge in [-0.15, -0.1) is 11.3 Å². The molecule has 106 valence electrons. The molecule has 1 saturated carbocycles. The van der Waals surface area contributed by atoms with Crippen molar-refractivity contribution in [2.45, 2.75) is 45.4 Å². The molecule has 1 aliphatic rings. The van der Waals surface area contributed by atoms with Gasteiger partial charge in [0.2, 0.25) is 5.91 Å². The SMILES string of the molecule is CCOC1CC(N)(C(=O)NCc2cscn2)C1(C)C. The van der Waals surface area contributed by atoms with E-state index in [0.717, 1.165) is 5.69 Å². The second-order valence-electron chi connectivity index (χ2n) is 5.50. The first kappa shape index (κ1) is 14.4. The zero-order valence-electron chi connectivity index (χ0n) is 11.6. The van der Waals surface area contributed by atoms with Crippen LogP contribution in [0.15, 0.2) is 10.9 Å². The number of nitrogens with zero attached hydrogens (tertiary/aromatic N) is 1. The lowest BCUT2D eigenvalue weighted by atomic mass is 9.54. The fourth-order valence-electron chi connectivity index (χ4n) is 2.47. The molecule has 0 aliphatic heterocycles. The number of carbonyl (C=O) groups is 1. The van der Waals surface area contributed by atoms with Crippen LogP contribution in [0.4, 0.5) is 0 Å². The van der Waals surface area contributed by atoms with Crippen molar-refractivity contribution in [2.75, 3.05) is 6.61 Å². The molecule has 1 aromatic heterocycles. The molecule has 2 unspecified atom stereocenters. The first-order valence-corrected chi connectivity index (χ1v) is 7.42. The summed E-state index contributed by atoms with van der Waals surface area (Å²) in [4.78, 5) is 16.4. The zero-order valence-corrected chi connectivity index (χ0v) is 12.4. The van der Waals surface area contributed by atoms with Crippen LogP contribution in [0.25, 0.3) is 0 Å². The maximum atomic E-state index is 12.3. The standard InChI is InChI=1S/C13H21N3O2S/c1-4-18-10-5-13(14,12(10,2)3)11(17)15-6-9-7-19-8-16-9/h7-8,10H,4-6,14H2,1-3H3,(H,15,17). The first-order chi connectivity index (χ1) is 8.91. The molecule has 1 amide bonds. The van der Waals surface area contributed by atoms with Crippen molar-refractivity contribution in [2.24, 2.45) is 11.1 Å². The summed E-state index contributed by atoms with van der Waals surface area (Å²) < 4.78 is 5.62. The minimum absolute atomic E-state index is 0.0486. The van der Waals surface area contributed by atoms with Gasteiger partial charge in [0.15, 0.2) is 0 Å². The van der Waals surface area contributed by atoms with Gasteiger partial charge in [-0.2, -0.15) is 0 Å². The lowest BCUT2D eigenvalue weighted by molar-refractivity contribution is -0.170. The van der Waals surface area contributed by atoms with Gasteiger partial charge in [-0.25, -0.2) is 4.98 Å². The molecule has 19 heavy (non-hydrogen) atoms. The minimum atomic E-state index is -0.858. The third-order valence-corrected chi connectivity index (χ3v) is 4.78. The molecule has 1 heterocycles. The van der Waals surface area contributed by atoms with E-state index >= 15 is 0 Å². The van der Waals surface area contributed by atoms with Gasteiger partial charge >= 0.3 is 0 Å². The number of carbonyl (C=O) groups excluding carboxylic acids is 1. The minimum Gasteiger partial charge on any atom is -0.378 e. The Kier molecular flexibility index (Phi) is 3.94. The third kappa shape index (κ3) is 2.40. The van der Waals surface area contributed by atoms with E-state index in [1.54, 1.807) is 5.51 Å². The molecule has 0 aromatic carbocycles. The van der Waals surface area contributed by atoms with Crippen molar-refractivity contribution in [3.63, 3.8) is 0 Å². The van der Waals surface area contributed by atoms with Crippen molar-refractivity contribution >= 4 is 17.2 Å². The van der Waals surface area contributed by atoms with Crippen molar-refractivity contribution in [1.82, 2.24) is 10.3 Å². The average Bonchev–Trinajstić information content (AvgIpc) is 2.88. The molecule has 1 aliphatic carbocycles. The van der Waals surface area contributed by atoms with Gasteiger partial charge < -0.3 is 15.8 Å². The first-order valence-electron chi connectivity index (χ1n) is 6.47. The Bertz CT molecular complexity index is 447. The smallest absolute Gasteiger partial charge is 0.241 e. The summed E-state index contributed by atoms with van der Waals surface area (Å²) in [6.07, 6.45) is 0.615. The van der Waals surface area contributed by atoms with Crippen LogP contribution in [-0.2, 0) is 16.1 Å². The number of amides is 1. The maximum Gasteiger partial charge on any atom is 0.241 e. The molecule has 0 bridgehead atoms. The van der Waals surface area contributed by atoms with Crippen LogP contribution in [0.3, 0.4) is 0 Å². The van der Waals surface area contributed by atoms with Crippen LogP contribution >= 0.6 is 11.3 Å². The molecule has 0 radical (unpaired) electrons. The van der Waals surface area contributed by atoms with Crippen LogP contribution < -0.4 is 11.1 Å². The number of rotatable bonds is 5. The van der Waals surface area contributed by atoms with E-state index in [1.807, 2.05) is 26.2 Å². The Hall–Kier alpha value is -0.980. The number of thiazole rings is 1. The monoisotopic (exact) mass is 283 g/mol. The third-order valence-electron chi connectivity index (χ3n) is 4.15. The van der Waals surface area contributed by atoms with Crippen molar-refractivity contribution in [1.29, 1.82) is 0 Å². The van der Waals surface area contributed by atoms with E-state index in [2.05, 4.69) is 10.3 Å². The highest BCUT2D eigenvalue weighted by Crippen LogP contribution is 2.49. The summed E-state index contributed by atoms with van der Waals surface area (Å²) in [6, 6.07) is 0. The van der Waals surface area contributed by atoms with Gasteiger partial charge in [-0.3, -0.25) is 4.79 Å². The number of nitrogens with one attached hydrogen (secondary N) is 1. The molecular formula is C13H21N3O2S. The second kappa shape index (κ2) is 5.19.